The molecule has 0 amide bonds. The summed E-state index contributed by atoms with van der Waals surface area (Å²) in [5.74, 6) is -0.270. The van der Waals surface area contributed by atoms with Crippen molar-refractivity contribution < 1.29 is 13.9 Å². The van der Waals surface area contributed by atoms with Gasteiger partial charge in [-0.2, -0.15) is 0 Å². The molecule has 1 aromatic heterocycles. The summed E-state index contributed by atoms with van der Waals surface area (Å²) in [6.07, 6.45) is 0. The molecule has 0 aliphatic rings. The molecule has 0 radical (unpaired) electrons. The zero-order valence-corrected chi connectivity index (χ0v) is 13.8. The monoisotopic (exact) mass is 322 g/mol. The van der Waals surface area contributed by atoms with E-state index < -0.39 is 11.6 Å². The van der Waals surface area contributed by atoms with Crippen LogP contribution < -0.4 is 10.4 Å². The lowest BCUT2D eigenvalue weighted by molar-refractivity contribution is 0.0727. The molecule has 3 rings (SSSR count). The summed E-state index contributed by atoms with van der Waals surface area (Å²) in [7, 11) is 0. The van der Waals surface area contributed by atoms with Crippen molar-refractivity contribution in [2.24, 2.45) is 0 Å². The topological polar surface area (TPSA) is 56.5 Å². The van der Waals surface area contributed by atoms with Gasteiger partial charge in [-0.05, 0) is 23.6 Å². The summed E-state index contributed by atoms with van der Waals surface area (Å²) in [6.45, 7) is 6.10. The Morgan fingerprint density at radius 3 is 2.42 bits per heavy atom. The van der Waals surface area contributed by atoms with Gasteiger partial charge in [0.2, 0.25) is 0 Å². The average Bonchev–Trinajstić information content (AvgIpc) is 2.53. The fourth-order valence-electron chi connectivity index (χ4n) is 2.53. The summed E-state index contributed by atoms with van der Waals surface area (Å²) < 4.78 is 10.7. The number of para-hydroxylation sites is 2. The highest BCUT2D eigenvalue weighted by Gasteiger charge is 2.22. The molecule has 1 heterocycles. The van der Waals surface area contributed by atoms with Crippen molar-refractivity contribution in [3.8, 4) is 5.75 Å². The van der Waals surface area contributed by atoms with E-state index in [1.54, 1.807) is 30.3 Å². The van der Waals surface area contributed by atoms with Crippen LogP contribution in [0.25, 0.3) is 11.0 Å². The first kappa shape index (κ1) is 16.0. The predicted molar refractivity (Wildman–Crippen MR) is 92.6 cm³/mol. The Morgan fingerprint density at radius 1 is 1.00 bits per heavy atom. The van der Waals surface area contributed by atoms with Gasteiger partial charge in [0.15, 0.2) is 0 Å². The molecule has 0 aliphatic carbocycles. The van der Waals surface area contributed by atoms with Crippen molar-refractivity contribution in [3.05, 3.63) is 76.1 Å². The Morgan fingerprint density at radius 2 is 1.67 bits per heavy atom. The van der Waals surface area contributed by atoms with Gasteiger partial charge in [-0.3, -0.25) is 0 Å². The molecule has 3 aromatic rings. The minimum absolute atomic E-state index is 0.114. The number of esters is 1. The first-order chi connectivity index (χ1) is 11.4. The molecule has 0 bridgehead atoms. The Hall–Kier alpha value is -2.88. The summed E-state index contributed by atoms with van der Waals surface area (Å²) in [4.78, 5) is 24.6. The number of carbonyl (C=O) groups excluding carboxylic acids is 1. The van der Waals surface area contributed by atoms with Gasteiger partial charge in [0.1, 0.15) is 16.9 Å². The molecule has 0 saturated carbocycles. The van der Waals surface area contributed by atoms with Crippen LogP contribution in [0.4, 0.5) is 0 Å². The van der Waals surface area contributed by atoms with Crippen molar-refractivity contribution >= 4 is 16.9 Å². The van der Waals surface area contributed by atoms with Gasteiger partial charge in [0.05, 0.1) is 0 Å². The maximum absolute atomic E-state index is 12.5. The molecule has 4 nitrogen and oxygen atoms in total. The summed E-state index contributed by atoms with van der Waals surface area (Å²) in [6, 6.07) is 15.9. The first-order valence-electron chi connectivity index (χ1n) is 7.71. The third kappa shape index (κ3) is 3.08. The van der Waals surface area contributed by atoms with E-state index in [0.29, 0.717) is 16.7 Å². The number of hydrogen-bond donors (Lipinski definition) is 0. The number of hydrogen-bond acceptors (Lipinski definition) is 4. The van der Waals surface area contributed by atoms with E-state index in [1.165, 1.54) is 6.07 Å². The van der Waals surface area contributed by atoms with Crippen molar-refractivity contribution in [1.29, 1.82) is 0 Å². The van der Waals surface area contributed by atoms with E-state index in [0.717, 1.165) is 5.56 Å². The van der Waals surface area contributed by atoms with E-state index in [1.807, 2.05) is 39.0 Å². The van der Waals surface area contributed by atoms with Crippen molar-refractivity contribution in [3.63, 3.8) is 0 Å². The molecular weight excluding hydrogens is 304 g/mol. The van der Waals surface area contributed by atoms with Gasteiger partial charge < -0.3 is 9.15 Å². The Bertz CT molecular complexity index is 961. The largest absolute Gasteiger partial charge is 0.422 e. The third-order valence-corrected chi connectivity index (χ3v) is 3.76. The van der Waals surface area contributed by atoms with E-state index in [-0.39, 0.29) is 11.0 Å². The van der Waals surface area contributed by atoms with Crippen LogP contribution in [0.15, 0.2) is 63.8 Å². The Kier molecular flexibility index (Phi) is 3.97. The summed E-state index contributed by atoms with van der Waals surface area (Å²) in [5, 5.41) is 0.674. The van der Waals surface area contributed by atoms with E-state index in [4.69, 9.17) is 9.15 Å². The summed E-state index contributed by atoms with van der Waals surface area (Å²) in [5.41, 5.74) is 0.326. The molecule has 0 aliphatic heterocycles. The van der Waals surface area contributed by atoms with E-state index in [2.05, 4.69) is 0 Å². The maximum atomic E-state index is 12.5. The predicted octanol–water partition coefficient (Wildman–Crippen LogP) is 4.31. The number of ether oxygens (including phenoxy) is 1. The van der Waals surface area contributed by atoms with Crippen LogP contribution in [0.5, 0.6) is 5.75 Å². The second-order valence-electron chi connectivity index (χ2n) is 6.62. The normalized spacial score (nSPS) is 11.5. The average molecular weight is 322 g/mol. The molecule has 0 saturated heterocycles. The molecule has 122 valence electrons. The van der Waals surface area contributed by atoms with Crippen LogP contribution in [0.3, 0.4) is 0 Å². The van der Waals surface area contributed by atoms with Crippen LogP contribution in [0.1, 0.15) is 36.7 Å². The number of benzene rings is 2. The van der Waals surface area contributed by atoms with Crippen molar-refractivity contribution in [1.82, 2.24) is 0 Å². The van der Waals surface area contributed by atoms with Crippen LogP contribution >= 0.6 is 0 Å². The van der Waals surface area contributed by atoms with Crippen LogP contribution in [0.2, 0.25) is 0 Å². The smallest absolute Gasteiger partial charge is 0.351 e. The fourth-order valence-corrected chi connectivity index (χ4v) is 2.53. The molecule has 4 heteroatoms. The first-order valence-corrected chi connectivity index (χ1v) is 7.71. The Labute approximate surface area is 139 Å². The minimum Gasteiger partial charge on any atom is -0.422 e. The standard InChI is InChI=1S/C20H18O4/c1-20(2,3)15-9-5-7-11-17(15)24-19(22)14-12-13-8-4-6-10-16(13)23-18(14)21/h4-12H,1-3H3. The number of rotatable bonds is 2. The van der Waals surface area contributed by atoms with Crippen LogP contribution in [-0.4, -0.2) is 5.97 Å². The molecule has 0 unspecified atom stereocenters. The maximum Gasteiger partial charge on any atom is 0.351 e. The van der Waals surface area contributed by atoms with Crippen molar-refractivity contribution in [2.45, 2.75) is 26.2 Å². The Balaban J connectivity index is 2.00. The second kappa shape index (κ2) is 5.96. The summed E-state index contributed by atoms with van der Waals surface area (Å²) >= 11 is 0. The van der Waals surface area contributed by atoms with Crippen molar-refractivity contribution in [2.75, 3.05) is 0 Å². The quantitative estimate of drug-likeness (QED) is 0.401. The molecule has 2 aromatic carbocycles. The fraction of sp³-hybridized carbons (Fsp3) is 0.200. The van der Waals surface area contributed by atoms with Gasteiger partial charge in [0.25, 0.3) is 0 Å². The number of carbonyl (C=O) groups is 1. The molecule has 0 N–H and O–H groups in total. The number of fused-ring (bicyclic) bond motifs is 1. The highest BCUT2D eigenvalue weighted by molar-refractivity contribution is 5.94. The molecule has 0 atom stereocenters. The lowest BCUT2D eigenvalue weighted by Gasteiger charge is -2.21. The molecule has 0 spiro atoms. The zero-order valence-electron chi connectivity index (χ0n) is 13.8. The van der Waals surface area contributed by atoms with Gasteiger partial charge in [-0.25, -0.2) is 9.59 Å². The molecule has 0 fully saturated rings. The van der Waals surface area contributed by atoms with E-state index in [9.17, 15) is 9.59 Å². The molecule has 24 heavy (non-hydrogen) atoms. The van der Waals surface area contributed by atoms with Gasteiger partial charge >= 0.3 is 11.6 Å². The minimum atomic E-state index is -0.716. The lowest BCUT2D eigenvalue weighted by Crippen LogP contribution is -2.21. The zero-order chi connectivity index (χ0) is 17.3. The van der Waals surface area contributed by atoms with Crippen LogP contribution in [-0.2, 0) is 5.41 Å². The second-order valence-corrected chi connectivity index (χ2v) is 6.62. The SMILES string of the molecule is CC(C)(C)c1ccccc1OC(=O)c1cc2ccccc2oc1=O. The van der Waals surface area contributed by atoms with Gasteiger partial charge in [-0.1, -0.05) is 57.2 Å². The lowest BCUT2D eigenvalue weighted by atomic mass is 9.86. The molecular formula is C20H18O4. The van der Waals surface area contributed by atoms with E-state index >= 15 is 0 Å². The van der Waals surface area contributed by atoms with Crippen LogP contribution in [0, 0.1) is 0 Å². The van der Waals surface area contributed by atoms with Gasteiger partial charge in [0, 0.05) is 10.9 Å². The highest BCUT2D eigenvalue weighted by Crippen LogP contribution is 2.31. The van der Waals surface area contributed by atoms with Gasteiger partial charge in [-0.15, -0.1) is 0 Å². The third-order valence-electron chi connectivity index (χ3n) is 3.76. The highest BCUT2D eigenvalue weighted by atomic mass is 16.5.